The number of H-pyrrole nitrogens is 1. The van der Waals surface area contributed by atoms with Gasteiger partial charge < -0.3 is 10.2 Å². The van der Waals surface area contributed by atoms with E-state index in [0.29, 0.717) is 29.9 Å². The highest BCUT2D eigenvalue weighted by Gasteiger charge is 2.32. The van der Waals surface area contributed by atoms with Crippen LogP contribution in [0.2, 0.25) is 0 Å². The summed E-state index contributed by atoms with van der Waals surface area (Å²) in [6.45, 7) is 0.698. The third-order valence-corrected chi connectivity index (χ3v) is 5.17. The van der Waals surface area contributed by atoms with Gasteiger partial charge in [-0.15, -0.1) is 0 Å². The molecule has 0 spiro atoms. The van der Waals surface area contributed by atoms with Crippen molar-refractivity contribution in [3.05, 3.63) is 35.7 Å². The van der Waals surface area contributed by atoms with E-state index in [-0.39, 0.29) is 5.91 Å². The van der Waals surface area contributed by atoms with Gasteiger partial charge in [-0.1, -0.05) is 12.1 Å². The average molecular weight is 339 g/mol. The minimum atomic E-state index is -0.0206. The van der Waals surface area contributed by atoms with Crippen LogP contribution in [-0.2, 0) is 0 Å². The summed E-state index contributed by atoms with van der Waals surface area (Å²) in [5, 5.41) is 10.4. The number of aromatic nitrogens is 3. The van der Waals surface area contributed by atoms with Crippen LogP contribution in [0, 0.1) is 5.92 Å². The van der Waals surface area contributed by atoms with E-state index >= 15 is 0 Å². The van der Waals surface area contributed by atoms with Crippen molar-refractivity contribution in [3.8, 4) is 11.4 Å². The predicted molar refractivity (Wildman–Crippen MR) is 96.3 cm³/mol. The van der Waals surface area contributed by atoms with Gasteiger partial charge in [-0.3, -0.25) is 9.89 Å². The number of hydrogen-bond donors (Lipinski definition) is 2. The quantitative estimate of drug-likeness (QED) is 0.812. The molecule has 132 valence electrons. The number of nitrogens with one attached hydrogen (secondary N) is 2. The van der Waals surface area contributed by atoms with E-state index in [2.05, 4.69) is 39.5 Å². The molecule has 6 heteroatoms. The summed E-state index contributed by atoms with van der Waals surface area (Å²) in [5.41, 5.74) is 1.61. The van der Waals surface area contributed by atoms with Crippen molar-refractivity contribution in [2.24, 2.45) is 5.92 Å². The summed E-state index contributed by atoms with van der Waals surface area (Å²) in [4.78, 5) is 19.2. The number of rotatable bonds is 7. The molecule has 2 aliphatic carbocycles. The highest BCUT2D eigenvalue weighted by molar-refractivity contribution is 5.94. The van der Waals surface area contributed by atoms with Gasteiger partial charge in [-0.05, 0) is 57.8 Å². The Kier molecular flexibility index (Phi) is 4.29. The van der Waals surface area contributed by atoms with E-state index in [1.165, 1.54) is 25.7 Å². The largest absolute Gasteiger partial charge is 0.350 e. The van der Waals surface area contributed by atoms with Crippen LogP contribution < -0.4 is 5.32 Å². The van der Waals surface area contributed by atoms with Crippen LogP contribution in [0.25, 0.3) is 11.4 Å². The van der Waals surface area contributed by atoms with Gasteiger partial charge in [0, 0.05) is 29.6 Å². The molecule has 1 atom stereocenters. The maximum atomic E-state index is 12.4. The van der Waals surface area contributed by atoms with E-state index in [0.717, 1.165) is 17.3 Å². The molecule has 0 bridgehead atoms. The fraction of sp³-hybridized carbons (Fsp3) is 0.526. The lowest BCUT2D eigenvalue weighted by molar-refractivity contribution is 0.0939. The predicted octanol–water partition coefficient (Wildman–Crippen LogP) is 2.42. The molecule has 0 unspecified atom stereocenters. The maximum Gasteiger partial charge on any atom is 0.251 e. The molecule has 1 aromatic heterocycles. The minimum absolute atomic E-state index is 0.0206. The molecule has 0 aliphatic heterocycles. The summed E-state index contributed by atoms with van der Waals surface area (Å²) in [7, 11) is 4.16. The number of carbonyl (C=O) groups is 1. The second kappa shape index (κ2) is 6.59. The van der Waals surface area contributed by atoms with Crippen LogP contribution in [-0.4, -0.2) is 52.7 Å². The zero-order valence-electron chi connectivity index (χ0n) is 14.8. The highest BCUT2D eigenvalue weighted by Crippen LogP contribution is 2.38. The van der Waals surface area contributed by atoms with Gasteiger partial charge in [-0.25, -0.2) is 4.98 Å². The minimum Gasteiger partial charge on any atom is -0.350 e. The van der Waals surface area contributed by atoms with E-state index in [1.54, 1.807) is 0 Å². The van der Waals surface area contributed by atoms with E-state index in [4.69, 9.17) is 0 Å². The van der Waals surface area contributed by atoms with Crippen LogP contribution in [0.3, 0.4) is 0 Å². The first-order valence-corrected chi connectivity index (χ1v) is 9.09. The molecule has 2 fully saturated rings. The second-order valence-electron chi connectivity index (χ2n) is 7.47. The van der Waals surface area contributed by atoms with E-state index in [9.17, 15) is 4.79 Å². The lowest BCUT2D eigenvalue weighted by Gasteiger charge is -2.24. The molecule has 1 heterocycles. The number of amides is 1. The molecule has 0 saturated heterocycles. The van der Waals surface area contributed by atoms with Crippen LogP contribution in [0.15, 0.2) is 24.3 Å². The molecule has 25 heavy (non-hydrogen) atoms. The van der Waals surface area contributed by atoms with Crippen LogP contribution >= 0.6 is 0 Å². The first-order valence-electron chi connectivity index (χ1n) is 9.09. The average Bonchev–Trinajstić information content (AvgIpc) is 3.54. The molecule has 1 amide bonds. The molecule has 4 rings (SSSR count). The first kappa shape index (κ1) is 16.3. The summed E-state index contributed by atoms with van der Waals surface area (Å²) < 4.78 is 0. The Labute approximate surface area is 148 Å². The van der Waals surface area contributed by atoms with Gasteiger partial charge >= 0.3 is 0 Å². The van der Waals surface area contributed by atoms with Gasteiger partial charge in [0.1, 0.15) is 5.82 Å². The Morgan fingerprint density at radius 3 is 2.56 bits per heavy atom. The zero-order chi connectivity index (χ0) is 17.4. The Balaban J connectivity index is 1.37. The normalized spacial score (nSPS) is 18.4. The molecule has 6 nitrogen and oxygen atoms in total. The van der Waals surface area contributed by atoms with Gasteiger partial charge in [0.15, 0.2) is 5.82 Å². The third kappa shape index (κ3) is 3.74. The van der Waals surface area contributed by atoms with E-state index < -0.39 is 0 Å². The lowest BCUT2D eigenvalue weighted by Crippen LogP contribution is -2.41. The fourth-order valence-corrected chi connectivity index (χ4v) is 3.26. The Morgan fingerprint density at radius 2 is 1.96 bits per heavy atom. The Bertz CT molecular complexity index is 741. The Morgan fingerprint density at radius 1 is 1.24 bits per heavy atom. The summed E-state index contributed by atoms with van der Waals surface area (Å²) in [6.07, 6.45) is 4.94. The molecule has 2 aromatic rings. The lowest BCUT2D eigenvalue weighted by atomic mass is 10.1. The van der Waals surface area contributed by atoms with Crippen molar-refractivity contribution in [2.75, 3.05) is 20.6 Å². The summed E-state index contributed by atoms with van der Waals surface area (Å²) in [6, 6.07) is 7.95. The second-order valence-corrected chi connectivity index (χ2v) is 7.47. The summed E-state index contributed by atoms with van der Waals surface area (Å²) in [5.74, 6) is 2.95. The van der Waals surface area contributed by atoms with Crippen LogP contribution in [0.4, 0.5) is 0 Å². The van der Waals surface area contributed by atoms with Crippen molar-refractivity contribution in [1.29, 1.82) is 0 Å². The van der Waals surface area contributed by atoms with Crippen molar-refractivity contribution in [1.82, 2.24) is 25.4 Å². The van der Waals surface area contributed by atoms with Crippen molar-refractivity contribution in [2.45, 2.75) is 37.6 Å². The van der Waals surface area contributed by atoms with Crippen LogP contribution in [0.1, 0.15) is 47.8 Å². The fourth-order valence-electron chi connectivity index (χ4n) is 3.26. The standard InChI is InChI=1S/C19H25N5O/c1-24(2)16(12-3-4-12)11-20-19(25)15-9-7-14(8-10-15)18-21-17(22-23-18)13-5-6-13/h7-10,12-13,16H,3-6,11H2,1-2H3,(H,20,25)(H,21,22,23)/t16-/m1/s1. The first-order chi connectivity index (χ1) is 12.1. The van der Waals surface area contributed by atoms with Gasteiger partial charge in [0.25, 0.3) is 5.91 Å². The van der Waals surface area contributed by atoms with Crippen molar-refractivity contribution < 1.29 is 4.79 Å². The topological polar surface area (TPSA) is 73.9 Å². The third-order valence-electron chi connectivity index (χ3n) is 5.17. The maximum absolute atomic E-state index is 12.4. The molecular formula is C19H25N5O. The monoisotopic (exact) mass is 339 g/mol. The summed E-state index contributed by atoms with van der Waals surface area (Å²) >= 11 is 0. The van der Waals surface area contributed by atoms with E-state index in [1.807, 2.05) is 24.3 Å². The molecule has 2 N–H and O–H groups in total. The highest BCUT2D eigenvalue weighted by atomic mass is 16.1. The van der Waals surface area contributed by atoms with Gasteiger partial charge in [-0.2, -0.15) is 5.10 Å². The van der Waals surface area contributed by atoms with Gasteiger partial charge in [0.05, 0.1) is 0 Å². The number of hydrogen-bond acceptors (Lipinski definition) is 4. The molecule has 1 aromatic carbocycles. The molecular weight excluding hydrogens is 314 g/mol. The number of carbonyl (C=O) groups excluding carboxylic acids is 1. The molecule has 2 aliphatic rings. The number of nitrogens with zero attached hydrogens (tertiary/aromatic N) is 3. The van der Waals surface area contributed by atoms with Crippen molar-refractivity contribution >= 4 is 5.91 Å². The van der Waals surface area contributed by atoms with Gasteiger partial charge in [0.2, 0.25) is 0 Å². The number of aromatic amines is 1. The smallest absolute Gasteiger partial charge is 0.251 e. The number of likely N-dealkylation sites (N-methyl/N-ethyl adjacent to an activating group) is 1. The van der Waals surface area contributed by atoms with Crippen molar-refractivity contribution in [3.63, 3.8) is 0 Å². The molecule has 0 radical (unpaired) electrons. The molecule has 2 saturated carbocycles. The number of benzene rings is 1. The zero-order valence-corrected chi connectivity index (χ0v) is 14.8. The van der Waals surface area contributed by atoms with Crippen LogP contribution in [0.5, 0.6) is 0 Å². The Hall–Kier alpha value is -2.21. The SMILES string of the molecule is CN(C)[C@H](CNC(=O)c1ccc(-c2n[nH]c(C3CC3)n2)cc1)C1CC1.